The van der Waals surface area contributed by atoms with Gasteiger partial charge in [0.2, 0.25) is 0 Å². The maximum Gasteiger partial charge on any atom is 0.266 e. The highest BCUT2D eigenvalue weighted by molar-refractivity contribution is 7.17. The second-order valence-electron chi connectivity index (χ2n) is 3.96. The van der Waals surface area contributed by atoms with Crippen molar-refractivity contribution in [2.75, 3.05) is 12.3 Å². The van der Waals surface area contributed by atoms with Gasteiger partial charge in [-0.3, -0.25) is 4.79 Å². The van der Waals surface area contributed by atoms with E-state index in [1.54, 1.807) is 0 Å². The number of thiazole rings is 1. The van der Waals surface area contributed by atoms with Gasteiger partial charge in [-0.15, -0.1) is 0 Å². The van der Waals surface area contributed by atoms with Crippen molar-refractivity contribution in [3.63, 3.8) is 0 Å². The molecule has 4 nitrogen and oxygen atoms in total. The summed E-state index contributed by atoms with van der Waals surface area (Å²) in [5.41, 5.74) is 6.34. The molecule has 2 N–H and O–H groups in total. The van der Waals surface area contributed by atoms with Crippen molar-refractivity contribution in [3.05, 3.63) is 10.6 Å². The highest BCUT2D eigenvalue weighted by Gasteiger charge is 2.28. The molecule has 2 heterocycles. The van der Waals surface area contributed by atoms with Gasteiger partial charge >= 0.3 is 0 Å². The van der Waals surface area contributed by atoms with Crippen molar-refractivity contribution in [3.8, 4) is 0 Å². The van der Waals surface area contributed by atoms with Crippen LogP contribution >= 0.6 is 11.3 Å². The van der Waals surface area contributed by atoms with Crippen molar-refractivity contribution in [2.45, 2.75) is 32.7 Å². The average Bonchev–Trinajstić information content (AvgIpc) is 2.71. The lowest BCUT2D eigenvalue weighted by Crippen LogP contribution is -2.33. The number of nitrogens with zero attached hydrogens (tertiary/aromatic N) is 2. The average molecular weight is 225 g/mol. The fourth-order valence-corrected chi connectivity index (χ4v) is 2.77. The number of amides is 1. The van der Waals surface area contributed by atoms with Gasteiger partial charge in [-0.2, -0.15) is 0 Å². The summed E-state index contributed by atoms with van der Waals surface area (Å²) < 4.78 is 0. The van der Waals surface area contributed by atoms with Crippen LogP contribution in [0.25, 0.3) is 0 Å². The lowest BCUT2D eigenvalue weighted by molar-refractivity contribution is 0.0751. The first-order chi connectivity index (χ1) is 7.09. The van der Waals surface area contributed by atoms with Crippen molar-refractivity contribution in [2.24, 2.45) is 0 Å². The van der Waals surface area contributed by atoms with E-state index in [0.29, 0.717) is 16.1 Å². The summed E-state index contributed by atoms with van der Waals surface area (Å²) in [6, 6.07) is 0.347. The van der Waals surface area contributed by atoms with Gasteiger partial charge in [0.25, 0.3) is 5.91 Å². The van der Waals surface area contributed by atoms with Gasteiger partial charge in [0.15, 0.2) is 5.13 Å². The fraction of sp³-hybridized carbons (Fsp3) is 0.600. The third kappa shape index (κ3) is 1.84. The van der Waals surface area contributed by atoms with Gasteiger partial charge in [0, 0.05) is 12.6 Å². The molecule has 1 fully saturated rings. The largest absolute Gasteiger partial charge is 0.375 e. The Morgan fingerprint density at radius 2 is 2.40 bits per heavy atom. The van der Waals surface area contributed by atoms with E-state index in [4.69, 9.17) is 5.73 Å². The minimum atomic E-state index is 0.0895. The summed E-state index contributed by atoms with van der Waals surface area (Å²) in [7, 11) is 0. The van der Waals surface area contributed by atoms with Crippen LogP contribution < -0.4 is 5.73 Å². The quantitative estimate of drug-likeness (QED) is 0.790. The van der Waals surface area contributed by atoms with Crippen LogP contribution in [0.5, 0.6) is 0 Å². The van der Waals surface area contributed by atoms with E-state index in [0.717, 1.165) is 25.1 Å². The molecule has 1 aliphatic rings. The number of carbonyl (C=O) groups is 1. The SMILES string of the molecule is Cc1nc(N)sc1C(=O)N1CCCC1C. The molecule has 0 saturated carbocycles. The summed E-state index contributed by atoms with van der Waals surface area (Å²) in [6.45, 7) is 4.78. The van der Waals surface area contributed by atoms with Crippen molar-refractivity contribution in [1.82, 2.24) is 9.88 Å². The van der Waals surface area contributed by atoms with Gasteiger partial charge in [-0.1, -0.05) is 11.3 Å². The van der Waals surface area contributed by atoms with Crippen molar-refractivity contribution in [1.29, 1.82) is 0 Å². The molecule has 1 amide bonds. The molecule has 82 valence electrons. The fourth-order valence-electron chi connectivity index (χ4n) is 1.98. The Balaban J connectivity index is 2.24. The number of carbonyl (C=O) groups excluding carboxylic acids is 1. The zero-order valence-corrected chi connectivity index (χ0v) is 9.80. The first kappa shape index (κ1) is 10.4. The molecule has 1 aromatic rings. The minimum absolute atomic E-state index is 0.0895. The molecule has 0 aromatic carbocycles. The predicted molar refractivity (Wildman–Crippen MR) is 61.0 cm³/mol. The molecular weight excluding hydrogens is 210 g/mol. The van der Waals surface area contributed by atoms with Crippen LogP contribution in [-0.4, -0.2) is 28.4 Å². The number of nitrogen functional groups attached to an aromatic ring is 1. The summed E-state index contributed by atoms with van der Waals surface area (Å²) in [5, 5.41) is 0.475. The van der Waals surface area contributed by atoms with E-state index in [2.05, 4.69) is 11.9 Å². The topological polar surface area (TPSA) is 59.2 Å². The minimum Gasteiger partial charge on any atom is -0.375 e. The molecule has 15 heavy (non-hydrogen) atoms. The molecule has 2 rings (SSSR count). The molecule has 1 saturated heterocycles. The number of rotatable bonds is 1. The zero-order valence-electron chi connectivity index (χ0n) is 8.99. The van der Waals surface area contributed by atoms with E-state index >= 15 is 0 Å². The van der Waals surface area contributed by atoms with Gasteiger partial charge in [0.05, 0.1) is 5.69 Å². The number of nitrogens with two attached hydrogens (primary N) is 1. The van der Waals surface area contributed by atoms with Crippen molar-refractivity contribution < 1.29 is 4.79 Å². The Hall–Kier alpha value is -1.10. The normalized spacial score (nSPS) is 20.9. The first-order valence-corrected chi connectivity index (χ1v) is 5.95. The third-order valence-electron chi connectivity index (χ3n) is 2.82. The van der Waals surface area contributed by atoms with Crippen LogP contribution in [0.1, 0.15) is 35.1 Å². The molecule has 0 radical (unpaired) electrons. The monoisotopic (exact) mass is 225 g/mol. The van der Waals surface area contributed by atoms with E-state index < -0.39 is 0 Å². The number of likely N-dealkylation sites (tertiary alicyclic amines) is 1. The van der Waals surface area contributed by atoms with E-state index in [9.17, 15) is 4.79 Å². The highest BCUT2D eigenvalue weighted by Crippen LogP contribution is 2.25. The van der Waals surface area contributed by atoms with Gasteiger partial charge in [0.1, 0.15) is 4.88 Å². The molecule has 1 atom stereocenters. The van der Waals surface area contributed by atoms with Crippen LogP contribution in [0, 0.1) is 6.92 Å². The Kier molecular flexibility index (Phi) is 2.65. The van der Waals surface area contributed by atoms with E-state index in [-0.39, 0.29) is 5.91 Å². The molecule has 1 unspecified atom stereocenters. The Bertz CT molecular complexity index is 388. The lowest BCUT2D eigenvalue weighted by Gasteiger charge is -2.20. The van der Waals surface area contributed by atoms with E-state index in [1.807, 2.05) is 11.8 Å². The Labute approximate surface area is 93.1 Å². The summed E-state index contributed by atoms with van der Waals surface area (Å²) >= 11 is 1.29. The number of anilines is 1. The molecule has 0 aliphatic carbocycles. The molecule has 0 bridgehead atoms. The van der Waals surface area contributed by atoms with Gasteiger partial charge in [-0.05, 0) is 26.7 Å². The highest BCUT2D eigenvalue weighted by atomic mass is 32.1. The zero-order chi connectivity index (χ0) is 11.0. The predicted octanol–water partition coefficient (Wildman–Crippen LogP) is 1.66. The molecule has 1 aliphatic heterocycles. The summed E-state index contributed by atoms with van der Waals surface area (Å²) in [5.74, 6) is 0.0895. The lowest BCUT2D eigenvalue weighted by atomic mass is 10.2. The number of hydrogen-bond acceptors (Lipinski definition) is 4. The van der Waals surface area contributed by atoms with Gasteiger partial charge < -0.3 is 10.6 Å². The number of aryl methyl sites for hydroxylation is 1. The summed E-state index contributed by atoms with van der Waals surface area (Å²) in [6.07, 6.45) is 2.19. The standard InChI is InChI=1S/C10H15N3OS/c1-6-4-3-5-13(6)9(14)8-7(2)12-10(11)15-8/h6H,3-5H2,1-2H3,(H2,11,12). The Morgan fingerprint density at radius 1 is 1.67 bits per heavy atom. The Morgan fingerprint density at radius 3 is 2.87 bits per heavy atom. The number of aromatic nitrogens is 1. The van der Waals surface area contributed by atoms with Crippen LogP contribution in [-0.2, 0) is 0 Å². The van der Waals surface area contributed by atoms with Crippen LogP contribution in [0.4, 0.5) is 5.13 Å². The third-order valence-corrected chi connectivity index (χ3v) is 3.80. The maximum absolute atomic E-state index is 12.1. The molecule has 5 heteroatoms. The second kappa shape index (κ2) is 3.81. The maximum atomic E-state index is 12.1. The van der Waals surface area contributed by atoms with Crippen LogP contribution in [0.2, 0.25) is 0 Å². The first-order valence-electron chi connectivity index (χ1n) is 5.13. The van der Waals surface area contributed by atoms with Crippen LogP contribution in [0.3, 0.4) is 0 Å². The molecule has 1 aromatic heterocycles. The molecule has 0 spiro atoms. The summed E-state index contributed by atoms with van der Waals surface area (Å²) in [4.78, 5) is 18.8. The van der Waals surface area contributed by atoms with Crippen molar-refractivity contribution >= 4 is 22.4 Å². The smallest absolute Gasteiger partial charge is 0.266 e. The van der Waals surface area contributed by atoms with Crippen LogP contribution in [0.15, 0.2) is 0 Å². The number of hydrogen-bond donors (Lipinski definition) is 1. The van der Waals surface area contributed by atoms with E-state index in [1.165, 1.54) is 11.3 Å². The van der Waals surface area contributed by atoms with Gasteiger partial charge in [-0.25, -0.2) is 4.98 Å². The second-order valence-corrected chi connectivity index (χ2v) is 4.99. The molecular formula is C10H15N3OS.